The SMILES string of the molecule is O=C(O)C(F)(F)F.O=CC1CCC(c2cccc(F)c2F)CC1. The smallest absolute Gasteiger partial charge is 0.475 e. The van der Waals surface area contributed by atoms with Crippen molar-refractivity contribution in [2.24, 2.45) is 5.92 Å². The second-order valence-corrected chi connectivity index (χ2v) is 5.19. The molecule has 1 aromatic carbocycles. The molecule has 23 heavy (non-hydrogen) atoms. The van der Waals surface area contributed by atoms with E-state index in [0.717, 1.165) is 38.0 Å². The lowest BCUT2D eigenvalue weighted by molar-refractivity contribution is -0.192. The minimum atomic E-state index is -5.08. The molecule has 0 spiro atoms. The third-order valence-electron chi connectivity index (χ3n) is 3.63. The zero-order valence-corrected chi connectivity index (χ0v) is 11.9. The molecule has 0 bridgehead atoms. The molecule has 1 aliphatic carbocycles. The number of hydrogen-bond acceptors (Lipinski definition) is 2. The van der Waals surface area contributed by atoms with E-state index in [0.29, 0.717) is 5.56 Å². The van der Waals surface area contributed by atoms with Gasteiger partial charge in [0.15, 0.2) is 11.6 Å². The molecule has 0 amide bonds. The van der Waals surface area contributed by atoms with Gasteiger partial charge in [-0.05, 0) is 43.2 Å². The second kappa shape index (κ2) is 8.03. The van der Waals surface area contributed by atoms with Crippen LogP contribution in [-0.2, 0) is 9.59 Å². The average Bonchev–Trinajstić information content (AvgIpc) is 2.50. The highest BCUT2D eigenvalue weighted by molar-refractivity contribution is 5.73. The van der Waals surface area contributed by atoms with E-state index in [4.69, 9.17) is 9.90 Å². The Hall–Kier alpha value is -1.99. The van der Waals surface area contributed by atoms with Gasteiger partial charge in [0.2, 0.25) is 0 Å². The number of hydrogen-bond donors (Lipinski definition) is 1. The Morgan fingerprint density at radius 2 is 1.65 bits per heavy atom. The lowest BCUT2D eigenvalue weighted by atomic mass is 9.79. The van der Waals surface area contributed by atoms with Gasteiger partial charge >= 0.3 is 12.1 Å². The highest BCUT2D eigenvalue weighted by atomic mass is 19.4. The third-order valence-corrected chi connectivity index (χ3v) is 3.63. The van der Waals surface area contributed by atoms with Crippen molar-refractivity contribution >= 4 is 12.3 Å². The maximum absolute atomic E-state index is 13.5. The van der Waals surface area contributed by atoms with Crippen LogP contribution in [0.5, 0.6) is 0 Å². The Morgan fingerprint density at radius 1 is 1.13 bits per heavy atom. The van der Waals surface area contributed by atoms with Crippen molar-refractivity contribution in [3.63, 3.8) is 0 Å². The molecule has 128 valence electrons. The molecule has 1 aromatic rings. The number of aliphatic carboxylic acids is 1. The van der Waals surface area contributed by atoms with Crippen LogP contribution in [0.2, 0.25) is 0 Å². The molecule has 2 rings (SSSR count). The monoisotopic (exact) mass is 338 g/mol. The number of rotatable bonds is 2. The topological polar surface area (TPSA) is 54.4 Å². The molecule has 1 N–H and O–H groups in total. The molecule has 8 heteroatoms. The van der Waals surface area contributed by atoms with E-state index in [9.17, 15) is 26.7 Å². The van der Waals surface area contributed by atoms with Crippen molar-refractivity contribution in [2.75, 3.05) is 0 Å². The molecular formula is C15H15F5O3. The second-order valence-electron chi connectivity index (χ2n) is 5.19. The minimum absolute atomic E-state index is 0.0619. The molecule has 0 heterocycles. The summed E-state index contributed by atoms with van der Waals surface area (Å²) in [6.45, 7) is 0. The van der Waals surface area contributed by atoms with Crippen LogP contribution in [0, 0.1) is 17.6 Å². The summed E-state index contributed by atoms with van der Waals surface area (Å²) in [4.78, 5) is 19.5. The Morgan fingerprint density at radius 3 is 2.09 bits per heavy atom. The van der Waals surface area contributed by atoms with Gasteiger partial charge in [-0.25, -0.2) is 13.6 Å². The first-order valence-corrected chi connectivity index (χ1v) is 6.86. The van der Waals surface area contributed by atoms with Crippen LogP contribution in [0.3, 0.4) is 0 Å². The number of halogens is 5. The fraction of sp³-hybridized carbons (Fsp3) is 0.467. The Kier molecular flexibility index (Phi) is 6.65. The molecule has 0 aliphatic heterocycles. The number of alkyl halides is 3. The third kappa shape index (κ3) is 5.61. The molecular weight excluding hydrogens is 323 g/mol. The highest BCUT2D eigenvalue weighted by Gasteiger charge is 2.38. The zero-order valence-electron chi connectivity index (χ0n) is 11.9. The van der Waals surface area contributed by atoms with Crippen molar-refractivity contribution in [3.8, 4) is 0 Å². The van der Waals surface area contributed by atoms with Gasteiger partial charge in [0.1, 0.15) is 6.29 Å². The minimum Gasteiger partial charge on any atom is -0.475 e. The Labute approximate surface area is 129 Å². The lowest BCUT2D eigenvalue weighted by Crippen LogP contribution is -2.21. The van der Waals surface area contributed by atoms with Crippen LogP contribution in [0.15, 0.2) is 18.2 Å². The maximum atomic E-state index is 13.5. The summed E-state index contributed by atoms with van der Waals surface area (Å²) in [5, 5.41) is 7.12. The largest absolute Gasteiger partial charge is 0.490 e. The summed E-state index contributed by atoms with van der Waals surface area (Å²) in [6.07, 6.45) is -1.01. The van der Waals surface area contributed by atoms with Gasteiger partial charge < -0.3 is 9.90 Å². The molecule has 0 radical (unpaired) electrons. The van der Waals surface area contributed by atoms with Crippen molar-refractivity contribution < 1.29 is 36.6 Å². The van der Waals surface area contributed by atoms with Crippen molar-refractivity contribution in [2.45, 2.75) is 37.8 Å². The number of carboxylic acid groups (broad SMARTS) is 1. The summed E-state index contributed by atoms with van der Waals surface area (Å²) in [7, 11) is 0. The first-order chi connectivity index (χ1) is 10.7. The Bertz CT molecular complexity index is 549. The molecule has 1 aliphatic rings. The predicted octanol–water partition coefficient (Wildman–Crippen LogP) is 4.07. The van der Waals surface area contributed by atoms with E-state index in [1.54, 1.807) is 12.1 Å². The van der Waals surface area contributed by atoms with Crippen molar-refractivity contribution in [3.05, 3.63) is 35.4 Å². The number of carboxylic acids is 1. The maximum Gasteiger partial charge on any atom is 0.490 e. The predicted molar refractivity (Wildman–Crippen MR) is 70.8 cm³/mol. The number of aldehydes is 1. The van der Waals surface area contributed by atoms with Gasteiger partial charge in [-0.2, -0.15) is 13.2 Å². The first kappa shape index (κ1) is 19.1. The van der Waals surface area contributed by atoms with Crippen LogP contribution in [0.25, 0.3) is 0 Å². The van der Waals surface area contributed by atoms with E-state index in [-0.39, 0.29) is 11.8 Å². The summed E-state index contributed by atoms with van der Waals surface area (Å²) in [5.74, 6) is -4.10. The number of carbonyl (C=O) groups excluding carboxylic acids is 1. The summed E-state index contributed by atoms with van der Waals surface area (Å²) in [6, 6.07) is 4.32. The van der Waals surface area contributed by atoms with Crippen LogP contribution >= 0.6 is 0 Å². The average molecular weight is 338 g/mol. The molecule has 0 atom stereocenters. The lowest BCUT2D eigenvalue weighted by Gasteiger charge is -2.25. The molecule has 1 fully saturated rings. The van der Waals surface area contributed by atoms with Crippen LogP contribution in [-0.4, -0.2) is 23.5 Å². The summed E-state index contributed by atoms with van der Waals surface area (Å²) in [5.41, 5.74) is 0.462. The normalized spacial score (nSPS) is 21.1. The molecule has 3 nitrogen and oxygen atoms in total. The molecule has 1 saturated carbocycles. The van der Waals surface area contributed by atoms with Gasteiger partial charge in [-0.15, -0.1) is 0 Å². The van der Waals surface area contributed by atoms with Crippen molar-refractivity contribution in [1.29, 1.82) is 0 Å². The quantitative estimate of drug-likeness (QED) is 0.653. The van der Waals surface area contributed by atoms with E-state index in [1.807, 2.05) is 0 Å². The van der Waals surface area contributed by atoms with E-state index >= 15 is 0 Å². The Balaban J connectivity index is 0.000000322. The van der Waals surface area contributed by atoms with Crippen molar-refractivity contribution in [1.82, 2.24) is 0 Å². The number of benzene rings is 1. The van der Waals surface area contributed by atoms with Crippen LogP contribution in [0.4, 0.5) is 22.0 Å². The van der Waals surface area contributed by atoms with Gasteiger partial charge in [0, 0.05) is 5.92 Å². The summed E-state index contributed by atoms with van der Waals surface area (Å²) < 4.78 is 58.3. The standard InChI is InChI=1S/C13H14F2O.C2HF3O2/c14-12-3-1-2-11(13(12)15)10-6-4-9(8-16)5-7-10;3-2(4,5)1(6)7/h1-3,8-10H,4-7H2;(H,6,7). The van der Waals surface area contributed by atoms with E-state index in [1.165, 1.54) is 0 Å². The first-order valence-electron chi connectivity index (χ1n) is 6.86. The molecule has 0 saturated heterocycles. The van der Waals surface area contributed by atoms with Crippen LogP contribution in [0.1, 0.15) is 37.2 Å². The van der Waals surface area contributed by atoms with Crippen LogP contribution < -0.4 is 0 Å². The van der Waals surface area contributed by atoms with Gasteiger partial charge in [0.25, 0.3) is 0 Å². The fourth-order valence-corrected chi connectivity index (χ4v) is 2.40. The van der Waals surface area contributed by atoms with Gasteiger partial charge in [-0.3, -0.25) is 0 Å². The highest BCUT2D eigenvalue weighted by Crippen LogP contribution is 2.36. The molecule has 0 unspecified atom stereocenters. The van der Waals surface area contributed by atoms with E-state index in [2.05, 4.69) is 0 Å². The molecule has 0 aromatic heterocycles. The van der Waals surface area contributed by atoms with Gasteiger partial charge in [0.05, 0.1) is 0 Å². The zero-order chi connectivity index (χ0) is 17.6. The number of carbonyl (C=O) groups is 2. The van der Waals surface area contributed by atoms with Gasteiger partial charge in [-0.1, -0.05) is 12.1 Å². The summed E-state index contributed by atoms with van der Waals surface area (Å²) >= 11 is 0. The fourth-order valence-electron chi connectivity index (χ4n) is 2.40. The van der Waals surface area contributed by atoms with E-state index < -0.39 is 23.8 Å².